The highest BCUT2D eigenvalue weighted by Gasteiger charge is 2.45. The van der Waals surface area contributed by atoms with E-state index in [2.05, 4.69) is 21.7 Å². The maximum atomic E-state index is 14.2. The van der Waals surface area contributed by atoms with Gasteiger partial charge < -0.3 is 25.4 Å². The summed E-state index contributed by atoms with van der Waals surface area (Å²) < 4.78 is 26.1. The van der Waals surface area contributed by atoms with E-state index in [-0.39, 0.29) is 23.0 Å². The molecule has 1 aliphatic heterocycles. The molecule has 1 aromatic rings. The number of ether oxygens (including phenoxy) is 2. The molecule has 23 heavy (non-hydrogen) atoms. The number of anilines is 1. The Labute approximate surface area is 131 Å². The molecule has 0 aromatic carbocycles. The largest absolute Gasteiger partial charge is 0.475 e. The quantitative estimate of drug-likeness (QED) is 0.614. The number of nitrogens with zero attached hydrogens (tertiary/aromatic N) is 4. The Kier molecular flexibility index (Phi) is 5.29. The van der Waals surface area contributed by atoms with Crippen molar-refractivity contribution in [2.75, 3.05) is 26.0 Å². The van der Waals surface area contributed by atoms with E-state index in [9.17, 15) is 9.50 Å². The van der Waals surface area contributed by atoms with Crippen molar-refractivity contribution in [3.63, 3.8) is 0 Å². The van der Waals surface area contributed by atoms with Crippen molar-refractivity contribution >= 4 is 11.6 Å². The molecule has 1 saturated heterocycles. The second-order valence-corrected chi connectivity index (χ2v) is 4.87. The van der Waals surface area contributed by atoms with Crippen LogP contribution >= 0.6 is 0 Å². The van der Waals surface area contributed by atoms with Crippen molar-refractivity contribution < 1.29 is 24.1 Å². The first-order valence-corrected chi connectivity index (χ1v) is 7.04. The molecule has 4 N–H and O–H groups in total. The molecule has 1 aliphatic rings. The Morgan fingerprint density at radius 2 is 2.30 bits per heavy atom. The van der Waals surface area contributed by atoms with Gasteiger partial charge in [0, 0.05) is 7.05 Å². The third kappa shape index (κ3) is 3.19. The lowest BCUT2D eigenvalue weighted by molar-refractivity contribution is -0.0103. The maximum Gasteiger partial charge on any atom is 0.262 e. The van der Waals surface area contributed by atoms with Gasteiger partial charge in [0.25, 0.3) is 5.88 Å². The maximum absolute atomic E-state index is 14.2. The average Bonchev–Trinajstić information content (AvgIpc) is 2.82. The zero-order chi connectivity index (χ0) is 17.1. The van der Waals surface area contributed by atoms with Gasteiger partial charge >= 0.3 is 0 Å². The van der Waals surface area contributed by atoms with E-state index in [1.54, 1.807) is 6.92 Å². The van der Waals surface area contributed by atoms with Crippen molar-refractivity contribution in [3.8, 4) is 5.88 Å². The molecule has 0 bridgehead atoms. The number of hydrogen-bond acceptors (Lipinski definition) is 8. The molecule has 0 radical (unpaired) electrons. The number of nitrogen functional groups attached to an aromatic ring is 1. The minimum Gasteiger partial charge on any atom is -0.475 e. The Hall–Kier alpha value is -2.04. The van der Waals surface area contributed by atoms with Crippen molar-refractivity contribution in [3.05, 3.63) is 12.1 Å². The van der Waals surface area contributed by atoms with Crippen LogP contribution in [0.15, 0.2) is 11.6 Å². The van der Waals surface area contributed by atoms with Gasteiger partial charge in [-0.2, -0.15) is 4.98 Å². The normalized spacial score (nSPS) is 28.1. The summed E-state index contributed by atoms with van der Waals surface area (Å²) in [6.07, 6.45) is -5.49. The summed E-state index contributed by atoms with van der Waals surface area (Å²) in [7, 11) is 1.48. The van der Waals surface area contributed by atoms with Crippen molar-refractivity contribution in [1.82, 2.24) is 14.8 Å². The first-order valence-electron chi connectivity index (χ1n) is 7.04. The Balaban J connectivity index is 2.44. The predicted molar refractivity (Wildman–Crippen MR) is 79.1 cm³/mol. The van der Waals surface area contributed by atoms with Crippen LogP contribution in [0.2, 0.25) is 0 Å². The van der Waals surface area contributed by atoms with Crippen LogP contribution in [0.4, 0.5) is 10.3 Å². The second-order valence-electron chi connectivity index (χ2n) is 4.87. The van der Waals surface area contributed by atoms with Crippen LogP contribution in [0.1, 0.15) is 6.92 Å². The molecule has 4 atom stereocenters. The molecule has 9 nitrogen and oxygen atoms in total. The van der Waals surface area contributed by atoms with Gasteiger partial charge in [0.2, 0.25) is 11.4 Å². The van der Waals surface area contributed by atoms with Gasteiger partial charge in [-0.05, 0) is 6.92 Å². The summed E-state index contributed by atoms with van der Waals surface area (Å²) >= 11 is 0. The fourth-order valence-corrected chi connectivity index (χ4v) is 2.30. The molecule has 1 fully saturated rings. The molecule has 2 rings (SSSR count). The molecular weight excluding hydrogens is 309 g/mol. The van der Waals surface area contributed by atoms with Gasteiger partial charge in [-0.25, -0.2) is 9.07 Å². The third-order valence-corrected chi connectivity index (χ3v) is 3.40. The van der Waals surface area contributed by atoms with E-state index in [0.29, 0.717) is 6.61 Å². The van der Waals surface area contributed by atoms with Gasteiger partial charge in [0.15, 0.2) is 6.17 Å². The van der Waals surface area contributed by atoms with Crippen LogP contribution in [0.5, 0.6) is 5.88 Å². The highest BCUT2D eigenvalue weighted by Crippen LogP contribution is 2.29. The predicted octanol–water partition coefficient (Wildman–Crippen LogP) is -1.28. The summed E-state index contributed by atoms with van der Waals surface area (Å²) in [5.74, 6) is 0.00553. The molecule has 1 aromatic heterocycles. The first-order chi connectivity index (χ1) is 10.9. The Morgan fingerprint density at radius 3 is 2.83 bits per heavy atom. The second kappa shape index (κ2) is 7.02. The van der Waals surface area contributed by atoms with Crippen LogP contribution < -0.4 is 16.0 Å². The number of nitrogens with two attached hydrogens (primary N) is 1. The highest BCUT2D eigenvalue weighted by molar-refractivity contribution is 5.48. The topological polar surface area (TPSA) is 128 Å². The zero-order valence-electron chi connectivity index (χ0n) is 12.9. The number of aliphatic hydroxyl groups is 2. The number of hydrogen-bond donors (Lipinski definition) is 3. The van der Waals surface area contributed by atoms with E-state index < -0.39 is 31.1 Å². The van der Waals surface area contributed by atoms with Gasteiger partial charge in [-0.15, -0.1) is 5.10 Å². The fourth-order valence-electron chi connectivity index (χ4n) is 2.30. The Morgan fingerprint density at radius 1 is 1.61 bits per heavy atom. The average molecular weight is 329 g/mol. The van der Waals surface area contributed by atoms with E-state index in [1.807, 2.05) is 0 Å². The van der Waals surface area contributed by atoms with Crippen molar-refractivity contribution in [2.24, 2.45) is 4.99 Å². The summed E-state index contributed by atoms with van der Waals surface area (Å²) in [4.78, 5) is 7.95. The van der Waals surface area contributed by atoms with Gasteiger partial charge in [0.05, 0.1) is 18.9 Å². The molecule has 0 saturated carbocycles. The van der Waals surface area contributed by atoms with Gasteiger partial charge in [-0.1, -0.05) is 6.58 Å². The monoisotopic (exact) mass is 329 g/mol. The van der Waals surface area contributed by atoms with Crippen LogP contribution in [0.3, 0.4) is 0 Å². The number of alkyl halides is 1. The lowest BCUT2D eigenvalue weighted by atomic mass is 10.1. The van der Waals surface area contributed by atoms with E-state index >= 15 is 0 Å². The number of aliphatic hydroxyl groups excluding tert-OH is 2. The van der Waals surface area contributed by atoms with Crippen LogP contribution in [0, 0.1) is 0 Å². The smallest absolute Gasteiger partial charge is 0.262 e. The number of aromatic nitrogens is 3. The first kappa shape index (κ1) is 17.3. The highest BCUT2D eigenvalue weighted by atomic mass is 19.1. The molecule has 0 aliphatic carbocycles. The summed E-state index contributed by atoms with van der Waals surface area (Å²) in [5.41, 5.74) is 5.88. The molecule has 0 unspecified atom stereocenters. The minimum atomic E-state index is -1.77. The fraction of sp³-hybridized carbons (Fsp3) is 0.615. The van der Waals surface area contributed by atoms with E-state index in [4.69, 9.17) is 20.3 Å². The summed E-state index contributed by atoms with van der Waals surface area (Å²) in [5, 5.41) is 22.8. The molecule has 2 heterocycles. The van der Waals surface area contributed by atoms with Gasteiger partial charge in [0.1, 0.15) is 18.3 Å². The molecular formula is C13H20FN5O4. The molecule has 0 amide bonds. The van der Waals surface area contributed by atoms with Crippen molar-refractivity contribution in [2.45, 2.75) is 31.4 Å². The summed E-state index contributed by atoms with van der Waals surface area (Å²) in [6.45, 7) is 5.32. The lowest BCUT2D eigenvalue weighted by Gasteiger charge is -2.18. The zero-order valence-corrected chi connectivity index (χ0v) is 12.9. The third-order valence-electron chi connectivity index (χ3n) is 3.40. The molecule has 0 spiro atoms. The van der Waals surface area contributed by atoms with Crippen molar-refractivity contribution in [1.29, 1.82) is 0 Å². The van der Waals surface area contributed by atoms with Crippen LogP contribution in [-0.4, -0.2) is 69.7 Å². The lowest BCUT2D eigenvalue weighted by Crippen LogP contribution is -2.35. The van der Waals surface area contributed by atoms with E-state index in [0.717, 1.165) is 4.68 Å². The molecule has 128 valence electrons. The number of halogens is 1. The van der Waals surface area contributed by atoms with Gasteiger partial charge in [-0.3, -0.25) is 4.99 Å². The SMILES string of the molecule is C=C([C@@H]1O[C@H](CO)[C@@H](O)[C@H]1F)n1nc(N)nc(OCC)/c1=N/C. The Bertz CT molecular complexity index is 650. The van der Waals surface area contributed by atoms with E-state index in [1.165, 1.54) is 7.05 Å². The van der Waals surface area contributed by atoms with Crippen LogP contribution in [-0.2, 0) is 4.74 Å². The molecule has 10 heteroatoms. The standard InChI is InChI=1S/C13H20FN5O4/c1-4-22-12-11(16-3)19(18-13(15)17-12)6(2)10-8(14)9(21)7(5-20)23-10/h7-10,20-21H,2,4-5H2,1,3H3,(H2,15,18)/b16-11-/t7-,8-,9-,10+/m1/s1. The minimum absolute atomic E-state index is 0.0585. The summed E-state index contributed by atoms with van der Waals surface area (Å²) in [6, 6.07) is 0. The number of rotatable bonds is 5. The van der Waals surface area contributed by atoms with Crippen LogP contribution in [0.25, 0.3) is 5.70 Å².